The van der Waals surface area contributed by atoms with Crippen LogP contribution >= 0.6 is 0 Å². The van der Waals surface area contributed by atoms with Crippen LogP contribution in [0.3, 0.4) is 0 Å². The van der Waals surface area contributed by atoms with Gasteiger partial charge in [0.2, 0.25) is 0 Å². The number of aromatic nitrogens is 1. The van der Waals surface area contributed by atoms with Gasteiger partial charge in [-0.05, 0) is 81.6 Å². The molecule has 0 radical (unpaired) electrons. The van der Waals surface area contributed by atoms with Gasteiger partial charge < -0.3 is 15.6 Å². The summed E-state index contributed by atoms with van der Waals surface area (Å²) in [6.45, 7) is 2.95. The van der Waals surface area contributed by atoms with Crippen molar-refractivity contribution in [3.63, 3.8) is 0 Å². The van der Waals surface area contributed by atoms with Gasteiger partial charge in [-0.1, -0.05) is 37.5 Å². The van der Waals surface area contributed by atoms with Gasteiger partial charge in [-0.25, -0.2) is 0 Å². The molecule has 3 N–H and O–H groups in total. The van der Waals surface area contributed by atoms with Crippen LogP contribution in [0, 0.1) is 5.92 Å². The molecule has 2 saturated carbocycles. The second-order valence-electron chi connectivity index (χ2n) is 8.43. The molecule has 3 heteroatoms. The number of hydrogen-bond acceptors (Lipinski definition) is 2. The zero-order valence-electron chi connectivity index (χ0n) is 16.1. The summed E-state index contributed by atoms with van der Waals surface area (Å²) in [4.78, 5) is 0. The predicted molar refractivity (Wildman–Crippen MR) is 111 cm³/mol. The normalized spacial score (nSPS) is 19.9. The van der Waals surface area contributed by atoms with Gasteiger partial charge in [0.05, 0.1) is 0 Å². The number of fused-ring (bicyclic) bond motifs is 1. The molecule has 4 rings (SSSR count). The minimum absolute atomic E-state index is 0.713. The average Bonchev–Trinajstić information content (AvgIpc) is 3.46. The Bertz CT molecular complexity index is 695. The fourth-order valence-electron chi connectivity index (χ4n) is 4.94. The van der Waals surface area contributed by atoms with E-state index in [4.69, 9.17) is 5.73 Å². The highest BCUT2D eigenvalue weighted by atomic mass is 15.0. The molecule has 2 aliphatic rings. The van der Waals surface area contributed by atoms with E-state index in [9.17, 15) is 0 Å². The summed E-state index contributed by atoms with van der Waals surface area (Å²) < 4.78 is 2.64. The third-order valence-corrected chi connectivity index (χ3v) is 6.52. The first kappa shape index (κ1) is 18.1. The smallest absolute Gasteiger partial charge is 0.0485 e. The largest absolute Gasteiger partial charge is 0.344 e. The SMILES string of the molecule is NCCCNCCC(c1cn(C2CCCCC2)c2ccccc12)C1CC1. The van der Waals surface area contributed by atoms with Crippen LogP contribution in [0.5, 0.6) is 0 Å². The molecule has 2 aromatic rings. The van der Waals surface area contributed by atoms with Crippen LogP contribution in [0.4, 0.5) is 0 Å². The third kappa shape index (κ3) is 3.99. The van der Waals surface area contributed by atoms with Crippen molar-refractivity contribution in [2.24, 2.45) is 11.7 Å². The summed E-state index contributed by atoms with van der Waals surface area (Å²) in [5.41, 5.74) is 8.70. The van der Waals surface area contributed by atoms with Crippen molar-refractivity contribution in [1.82, 2.24) is 9.88 Å². The second-order valence-corrected chi connectivity index (χ2v) is 8.43. The number of benzene rings is 1. The molecule has 1 unspecified atom stereocenters. The van der Waals surface area contributed by atoms with Crippen molar-refractivity contribution in [3.8, 4) is 0 Å². The number of nitrogens with two attached hydrogens (primary N) is 1. The van der Waals surface area contributed by atoms with E-state index in [1.165, 1.54) is 62.3 Å². The first-order valence-electron chi connectivity index (χ1n) is 10.9. The molecule has 142 valence electrons. The summed E-state index contributed by atoms with van der Waals surface area (Å²) in [5.74, 6) is 1.62. The maximum atomic E-state index is 5.61. The Morgan fingerprint density at radius 3 is 2.62 bits per heavy atom. The van der Waals surface area contributed by atoms with Crippen molar-refractivity contribution < 1.29 is 0 Å². The molecule has 0 spiro atoms. The predicted octanol–water partition coefficient (Wildman–Crippen LogP) is 4.97. The van der Waals surface area contributed by atoms with Crippen LogP contribution in [-0.2, 0) is 0 Å². The van der Waals surface area contributed by atoms with Crippen molar-refractivity contribution in [1.29, 1.82) is 0 Å². The molecule has 3 nitrogen and oxygen atoms in total. The van der Waals surface area contributed by atoms with E-state index in [2.05, 4.69) is 40.3 Å². The Kier molecular flexibility index (Phi) is 5.96. The van der Waals surface area contributed by atoms with Crippen LogP contribution in [0.2, 0.25) is 0 Å². The van der Waals surface area contributed by atoms with Gasteiger partial charge in [0, 0.05) is 23.1 Å². The minimum atomic E-state index is 0.713. The average molecular weight is 354 g/mol. The molecule has 26 heavy (non-hydrogen) atoms. The van der Waals surface area contributed by atoms with Gasteiger partial charge >= 0.3 is 0 Å². The molecular weight excluding hydrogens is 318 g/mol. The van der Waals surface area contributed by atoms with Crippen LogP contribution < -0.4 is 11.1 Å². The lowest BCUT2D eigenvalue weighted by Crippen LogP contribution is -2.21. The van der Waals surface area contributed by atoms with Gasteiger partial charge in [0.25, 0.3) is 0 Å². The van der Waals surface area contributed by atoms with Gasteiger partial charge in [-0.15, -0.1) is 0 Å². The molecule has 2 fully saturated rings. The number of rotatable bonds is 9. The van der Waals surface area contributed by atoms with Crippen molar-refractivity contribution in [3.05, 3.63) is 36.0 Å². The molecular formula is C23H35N3. The lowest BCUT2D eigenvalue weighted by atomic mass is 9.90. The molecule has 0 aliphatic heterocycles. The van der Waals surface area contributed by atoms with E-state index in [1.54, 1.807) is 5.56 Å². The van der Waals surface area contributed by atoms with Crippen molar-refractivity contribution >= 4 is 10.9 Å². The molecule has 1 heterocycles. The standard InChI is InChI=1S/C23H35N3/c24-14-6-15-25-16-13-20(18-11-12-18)22-17-26(19-7-2-1-3-8-19)23-10-5-4-9-21(22)23/h4-5,9-10,17-20,25H,1-3,6-8,11-16,24H2. The first-order valence-corrected chi connectivity index (χ1v) is 10.9. The zero-order chi connectivity index (χ0) is 17.8. The summed E-state index contributed by atoms with van der Waals surface area (Å²) in [6.07, 6.45) is 14.6. The van der Waals surface area contributed by atoms with E-state index in [-0.39, 0.29) is 0 Å². The Morgan fingerprint density at radius 1 is 1.04 bits per heavy atom. The maximum absolute atomic E-state index is 5.61. The monoisotopic (exact) mass is 353 g/mol. The van der Waals surface area contributed by atoms with Crippen molar-refractivity contribution in [2.75, 3.05) is 19.6 Å². The molecule has 1 aromatic carbocycles. The first-order chi connectivity index (χ1) is 12.9. The number of para-hydroxylation sites is 1. The summed E-state index contributed by atoms with van der Waals surface area (Å²) in [5, 5.41) is 5.11. The number of nitrogens with one attached hydrogen (secondary N) is 1. The second kappa shape index (κ2) is 8.58. The Labute approximate surface area is 158 Å². The van der Waals surface area contributed by atoms with Gasteiger partial charge in [0.1, 0.15) is 0 Å². The Balaban J connectivity index is 1.57. The summed E-state index contributed by atoms with van der Waals surface area (Å²) in [7, 11) is 0. The molecule has 0 saturated heterocycles. The summed E-state index contributed by atoms with van der Waals surface area (Å²) in [6, 6.07) is 9.86. The van der Waals surface area contributed by atoms with Gasteiger partial charge in [-0.2, -0.15) is 0 Å². The zero-order valence-corrected chi connectivity index (χ0v) is 16.1. The minimum Gasteiger partial charge on any atom is -0.344 e. The summed E-state index contributed by atoms with van der Waals surface area (Å²) >= 11 is 0. The van der Waals surface area contributed by atoms with Gasteiger partial charge in [-0.3, -0.25) is 0 Å². The van der Waals surface area contributed by atoms with Crippen molar-refractivity contribution in [2.45, 2.75) is 69.7 Å². The third-order valence-electron chi connectivity index (χ3n) is 6.52. The van der Waals surface area contributed by atoms with Crippen LogP contribution in [0.15, 0.2) is 30.5 Å². The van der Waals surface area contributed by atoms with Crippen LogP contribution in [-0.4, -0.2) is 24.2 Å². The highest BCUT2D eigenvalue weighted by Crippen LogP contribution is 2.47. The lowest BCUT2D eigenvalue weighted by molar-refractivity contribution is 0.360. The highest BCUT2D eigenvalue weighted by molar-refractivity contribution is 5.84. The molecule has 1 aromatic heterocycles. The fraction of sp³-hybridized carbons (Fsp3) is 0.652. The van der Waals surface area contributed by atoms with E-state index in [0.29, 0.717) is 6.04 Å². The Hall–Kier alpha value is -1.32. The topological polar surface area (TPSA) is 43.0 Å². The maximum Gasteiger partial charge on any atom is 0.0485 e. The van der Waals surface area contributed by atoms with E-state index >= 15 is 0 Å². The number of hydrogen-bond donors (Lipinski definition) is 2. The van der Waals surface area contributed by atoms with Gasteiger partial charge in [0.15, 0.2) is 0 Å². The quantitative estimate of drug-likeness (QED) is 0.625. The lowest BCUT2D eigenvalue weighted by Gasteiger charge is -2.24. The van der Waals surface area contributed by atoms with E-state index in [1.807, 2.05) is 0 Å². The molecule has 1 atom stereocenters. The Morgan fingerprint density at radius 2 is 1.85 bits per heavy atom. The molecule has 0 bridgehead atoms. The molecule has 2 aliphatic carbocycles. The number of nitrogens with zero attached hydrogens (tertiary/aromatic N) is 1. The highest BCUT2D eigenvalue weighted by Gasteiger charge is 2.34. The van der Waals surface area contributed by atoms with E-state index < -0.39 is 0 Å². The van der Waals surface area contributed by atoms with Crippen LogP contribution in [0.25, 0.3) is 10.9 Å². The van der Waals surface area contributed by atoms with E-state index in [0.717, 1.165) is 37.9 Å². The molecule has 0 amide bonds. The fourth-order valence-corrected chi connectivity index (χ4v) is 4.94. The van der Waals surface area contributed by atoms with Crippen LogP contribution in [0.1, 0.15) is 75.3 Å².